The lowest BCUT2D eigenvalue weighted by molar-refractivity contribution is 0.670. The highest BCUT2D eigenvalue weighted by Gasteiger charge is 2.22. The van der Waals surface area contributed by atoms with Crippen LogP contribution in [0.2, 0.25) is 0 Å². The van der Waals surface area contributed by atoms with E-state index in [0.717, 1.165) is 22.3 Å². The van der Waals surface area contributed by atoms with E-state index in [2.05, 4.69) is 212 Å². The summed E-state index contributed by atoms with van der Waals surface area (Å²) in [7, 11) is 0. The quantitative estimate of drug-likeness (QED) is 0.156. The molecule has 0 amide bonds. The second-order valence-electron chi connectivity index (χ2n) is 14.8. The summed E-state index contributed by atoms with van der Waals surface area (Å²) in [5.41, 5.74) is 12.7. The normalized spacial score (nSPS) is 12.2. The second-order valence-corrected chi connectivity index (χ2v) is 14.8. The van der Waals surface area contributed by atoms with Crippen molar-refractivity contribution in [1.29, 1.82) is 0 Å². The first-order chi connectivity index (χ1) is 27.8. The van der Waals surface area contributed by atoms with Gasteiger partial charge in [-0.1, -0.05) is 200 Å². The molecule has 10 aromatic carbocycles. The Labute approximate surface area is 325 Å². The Morgan fingerprint density at radius 2 is 0.857 bits per heavy atom. The van der Waals surface area contributed by atoms with Gasteiger partial charge in [0.1, 0.15) is 11.2 Å². The van der Waals surface area contributed by atoms with Crippen LogP contribution in [0.3, 0.4) is 0 Å². The van der Waals surface area contributed by atoms with Crippen LogP contribution in [0.4, 0.5) is 0 Å². The highest BCUT2D eigenvalue weighted by atomic mass is 16.3. The van der Waals surface area contributed by atoms with E-state index < -0.39 is 0 Å². The summed E-state index contributed by atoms with van der Waals surface area (Å²) in [6.45, 7) is 0. The lowest BCUT2D eigenvalue weighted by Gasteiger charge is -2.22. The third-order valence-electron chi connectivity index (χ3n) is 11.6. The van der Waals surface area contributed by atoms with Crippen LogP contribution in [0.5, 0.6) is 0 Å². The third-order valence-corrected chi connectivity index (χ3v) is 11.6. The van der Waals surface area contributed by atoms with Gasteiger partial charge in [-0.2, -0.15) is 0 Å². The summed E-state index contributed by atoms with van der Waals surface area (Å²) < 4.78 is 6.87. The second kappa shape index (κ2) is 13.3. The largest absolute Gasteiger partial charge is 0.455 e. The predicted molar refractivity (Wildman–Crippen MR) is 236 cm³/mol. The SMILES string of the molecule is c1ccc(-c2ccc(-c3ccc(C(c4cccc(-c5cc6ccccc6c6c5oc5ccc7ccccc7c56)c4)c4cccc5ccccc45)cc3)cc2)cc1. The molecule has 0 aliphatic carbocycles. The van der Waals surface area contributed by atoms with Gasteiger partial charge in [-0.25, -0.2) is 0 Å². The first-order valence-electron chi connectivity index (χ1n) is 19.4. The average Bonchev–Trinajstić information content (AvgIpc) is 3.68. The number of furan rings is 1. The highest BCUT2D eigenvalue weighted by Crippen LogP contribution is 2.45. The smallest absolute Gasteiger partial charge is 0.143 e. The Morgan fingerprint density at radius 3 is 1.59 bits per heavy atom. The molecule has 1 unspecified atom stereocenters. The van der Waals surface area contributed by atoms with E-state index in [-0.39, 0.29) is 5.92 Å². The molecule has 1 nitrogen and oxygen atoms in total. The zero-order valence-electron chi connectivity index (χ0n) is 30.7. The molecule has 0 saturated carbocycles. The van der Waals surface area contributed by atoms with E-state index in [1.54, 1.807) is 0 Å². The molecule has 262 valence electrons. The van der Waals surface area contributed by atoms with Crippen LogP contribution in [0.25, 0.3) is 87.6 Å². The molecular weight excluding hydrogens is 677 g/mol. The van der Waals surface area contributed by atoms with Crippen molar-refractivity contribution in [2.75, 3.05) is 0 Å². The third kappa shape index (κ3) is 5.40. The van der Waals surface area contributed by atoms with E-state index >= 15 is 0 Å². The van der Waals surface area contributed by atoms with Gasteiger partial charge >= 0.3 is 0 Å². The van der Waals surface area contributed by atoms with Gasteiger partial charge in [-0.3, -0.25) is 0 Å². The van der Waals surface area contributed by atoms with Crippen molar-refractivity contribution in [3.8, 4) is 33.4 Å². The molecule has 1 heteroatoms. The molecule has 11 aromatic rings. The standard InChI is InChI=1S/C55H36O/c1-2-12-36(13-3-1)37-24-26-38(27-25-37)39-28-30-42(31-29-39)52(49-23-11-17-40-14-4-7-20-46(40)49)45-19-10-18-43(34-45)50-35-44-16-6-9-22-48(44)54-53-47-21-8-5-15-41(47)32-33-51(53)56-55(50)54/h1-35,52H. The Hall–Kier alpha value is -7.22. The van der Waals surface area contributed by atoms with E-state index in [4.69, 9.17) is 4.42 Å². The molecule has 0 aliphatic heterocycles. The number of benzene rings is 10. The number of fused-ring (bicyclic) bond motifs is 8. The summed E-state index contributed by atoms with van der Waals surface area (Å²) in [5, 5.41) is 9.70. The maximum atomic E-state index is 6.87. The molecule has 0 spiro atoms. The predicted octanol–water partition coefficient (Wildman–Crippen LogP) is 15.2. The van der Waals surface area contributed by atoms with E-state index in [1.807, 2.05) is 0 Å². The van der Waals surface area contributed by atoms with Gasteiger partial charge in [-0.15, -0.1) is 0 Å². The van der Waals surface area contributed by atoms with E-state index in [1.165, 1.54) is 82.0 Å². The van der Waals surface area contributed by atoms with Gasteiger partial charge in [-0.05, 0) is 89.0 Å². The minimum absolute atomic E-state index is 0.00567. The lowest BCUT2D eigenvalue weighted by Crippen LogP contribution is -2.04. The van der Waals surface area contributed by atoms with Crippen LogP contribution >= 0.6 is 0 Å². The van der Waals surface area contributed by atoms with Crippen molar-refractivity contribution >= 4 is 54.3 Å². The number of rotatable bonds is 6. The zero-order chi connectivity index (χ0) is 37.0. The van der Waals surface area contributed by atoms with Crippen molar-refractivity contribution in [2.24, 2.45) is 0 Å². The minimum atomic E-state index is 0.00567. The molecule has 0 aliphatic rings. The Balaban J connectivity index is 1.07. The Morgan fingerprint density at radius 1 is 0.321 bits per heavy atom. The van der Waals surface area contributed by atoms with E-state index in [9.17, 15) is 0 Å². The maximum absolute atomic E-state index is 6.87. The molecule has 56 heavy (non-hydrogen) atoms. The van der Waals surface area contributed by atoms with Crippen molar-refractivity contribution in [3.05, 3.63) is 229 Å². The van der Waals surface area contributed by atoms with Crippen LogP contribution in [0.15, 0.2) is 217 Å². The molecule has 1 atom stereocenters. The topological polar surface area (TPSA) is 13.1 Å². The van der Waals surface area contributed by atoms with Crippen LogP contribution in [0.1, 0.15) is 22.6 Å². The molecule has 0 radical (unpaired) electrons. The summed E-state index contributed by atoms with van der Waals surface area (Å²) in [6.07, 6.45) is 0. The maximum Gasteiger partial charge on any atom is 0.143 e. The fourth-order valence-electron chi connectivity index (χ4n) is 8.89. The highest BCUT2D eigenvalue weighted by molar-refractivity contribution is 6.28. The van der Waals surface area contributed by atoms with Crippen molar-refractivity contribution in [1.82, 2.24) is 0 Å². The van der Waals surface area contributed by atoms with Gasteiger partial charge < -0.3 is 4.42 Å². The molecule has 0 fully saturated rings. The molecule has 1 aromatic heterocycles. The first kappa shape index (κ1) is 32.2. The van der Waals surface area contributed by atoms with Crippen molar-refractivity contribution < 1.29 is 4.42 Å². The lowest BCUT2D eigenvalue weighted by atomic mass is 9.81. The van der Waals surface area contributed by atoms with E-state index in [0.29, 0.717) is 0 Å². The van der Waals surface area contributed by atoms with Crippen LogP contribution in [0, 0.1) is 0 Å². The number of hydrogen-bond donors (Lipinski definition) is 0. The van der Waals surface area contributed by atoms with Crippen LogP contribution in [-0.4, -0.2) is 0 Å². The summed E-state index contributed by atoms with van der Waals surface area (Å²) >= 11 is 0. The molecule has 11 rings (SSSR count). The van der Waals surface area contributed by atoms with Gasteiger partial charge in [0.05, 0.1) is 0 Å². The molecule has 0 saturated heterocycles. The molecule has 0 N–H and O–H groups in total. The Kier molecular flexibility index (Phi) is 7.64. The summed E-state index contributed by atoms with van der Waals surface area (Å²) in [6, 6.07) is 77.2. The van der Waals surface area contributed by atoms with Gasteiger partial charge in [0.25, 0.3) is 0 Å². The van der Waals surface area contributed by atoms with Gasteiger partial charge in [0.2, 0.25) is 0 Å². The molecule has 1 heterocycles. The number of hydrogen-bond acceptors (Lipinski definition) is 1. The first-order valence-corrected chi connectivity index (χ1v) is 19.4. The zero-order valence-corrected chi connectivity index (χ0v) is 30.7. The average molecular weight is 713 g/mol. The molecular formula is C55H36O. The molecule has 0 bridgehead atoms. The Bertz CT molecular complexity index is 3220. The fraction of sp³-hybridized carbons (Fsp3) is 0.0182. The van der Waals surface area contributed by atoms with Crippen molar-refractivity contribution in [2.45, 2.75) is 5.92 Å². The van der Waals surface area contributed by atoms with Crippen LogP contribution in [-0.2, 0) is 0 Å². The van der Waals surface area contributed by atoms with Crippen LogP contribution < -0.4 is 0 Å². The monoisotopic (exact) mass is 712 g/mol. The minimum Gasteiger partial charge on any atom is -0.455 e. The fourth-order valence-corrected chi connectivity index (χ4v) is 8.89. The summed E-state index contributed by atoms with van der Waals surface area (Å²) in [4.78, 5) is 0. The summed E-state index contributed by atoms with van der Waals surface area (Å²) in [5.74, 6) is 0.00567. The van der Waals surface area contributed by atoms with Gasteiger partial charge in [0.15, 0.2) is 0 Å². The van der Waals surface area contributed by atoms with Gasteiger partial charge in [0, 0.05) is 22.3 Å². The van der Waals surface area contributed by atoms with Crippen molar-refractivity contribution in [3.63, 3.8) is 0 Å².